The number of nitriles is 1. The Balaban J connectivity index is 1.84. The van der Waals surface area contributed by atoms with Crippen molar-refractivity contribution in [2.75, 3.05) is 5.32 Å². The number of nitrogens with one attached hydrogen (secondary N) is 1. The second-order valence-electron chi connectivity index (χ2n) is 6.54. The lowest BCUT2D eigenvalue weighted by molar-refractivity contribution is -0.110. The van der Waals surface area contributed by atoms with Gasteiger partial charge in [0.1, 0.15) is 0 Å². The van der Waals surface area contributed by atoms with Crippen LogP contribution in [0.2, 0.25) is 0 Å². The highest BCUT2D eigenvalue weighted by Gasteiger charge is 2.25. The number of hydrogen-bond acceptors (Lipinski definition) is 2. The lowest BCUT2D eigenvalue weighted by atomic mass is 9.96. The van der Waals surface area contributed by atoms with Crippen molar-refractivity contribution in [1.29, 1.82) is 5.26 Å². The summed E-state index contributed by atoms with van der Waals surface area (Å²) < 4.78 is 1.95. The molecule has 1 aliphatic heterocycles. The Bertz CT molecular complexity index is 1180. The first-order valence-electron chi connectivity index (χ1n) is 8.60. The Morgan fingerprint density at radius 1 is 1.00 bits per heavy atom. The molecule has 0 unspecified atom stereocenters. The number of carbonyl (C=O) groups excluding carboxylic acids is 1. The van der Waals surface area contributed by atoms with E-state index >= 15 is 0 Å². The van der Waals surface area contributed by atoms with E-state index in [9.17, 15) is 10.1 Å². The van der Waals surface area contributed by atoms with Crippen LogP contribution in [0.3, 0.4) is 0 Å². The Labute approximate surface area is 180 Å². The van der Waals surface area contributed by atoms with Gasteiger partial charge in [0.25, 0.3) is 5.91 Å². The van der Waals surface area contributed by atoms with Crippen LogP contribution in [0.15, 0.2) is 63.5 Å². The number of benzene rings is 3. The van der Waals surface area contributed by atoms with Crippen LogP contribution < -0.4 is 5.32 Å². The zero-order chi connectivity index (χ0) is 19.8. The standard InChI is InChI=1S/C23H14Br2N2O/c1-13-20(24)9-14(10-21(13)25)8-19-18-11-15(6-7-22(18)27-23(19)28)17-5-3-2-4-16(17)12-26/h2-11H,1H3,(H,27,28)/b19-8-. The van der Waals surface area contributed by atoms with Crippen molar-refractivity contribution in [3.05, 3.63) is 85.8 Å². The second-order valence-corrected chi connectivity index (χ2v) is 8.25. The van der Waals surface area contributed by atoms with Crippen molar-refractivity contribution in [3.8, 4) is 17.2 Å². The SMILES string of the molecule is Cc1c(Br)cc(/C=C2\C(=O)Nc3ccc(-c4ccccc4C#N)cc32)cc1Br. The normalized spacial score (nSPS) is 13.9. The van der Waals surface area contributed by atoms with Gasteiger partial charge in [-0.05, 0) is 65.6 Å². The summed E-state index contributed by atoms with van der Waals surface area (Å²) in [6.07, 6.45) is 1.89. The number of halogens is 2. The predicted molar refractivity (Wildman–Crippen MR) is 120 cm³/mol. The van der Waals surface area contributed by atoms with E-state index in [0.29, 0.717) is 11.1 Å². The molecule has 0 aliphatic carbocycles. The van der Waals surface area contributed by atoms with Crippen molar-refractivity contribution >= 4 is 55.1 Å². The summed E-state index contributed by atoms with van der Waals surface area (Å²) in [6.45, 7) is 2.02. The van der Waals surface area contributed by atoms with Gasteiger partial charge in [-0.2, -0.15) is 5.26 Å². The number of fused-ring (bicyclic) bond motifs is 1. The van der Waals surface area contributed by atoms with Crippen molar-refractivity contribution < 1.29 is 4.79 Å². The molecule has 5 heteroatoms. The molecule has 1 aliphatic rings. The third-order valence-electron chi connectivity index (χ3n) is 4.78. The van der Waals surface area contributed by atoms with E-state index in [1.54, 1.807) is 6.07 Å². The predicted octanol–water partition coefficient (Wildman–Crippen LogP) is 6.55. The quantitative estimate of drug-likeness (QED) is 0.411. The number of amides is 1. The molecule has 0 atom stereocenters. The van der Waals surface area contributed by atoms with E-state index in [1.807, 2.05) is 61.5 Å². The minimum atomic E-state index is -0.131. The minimum absolute atomic E-state index is 0.131. The monoisotopic (exact) mass is 492 g/mol. The van der Waals surface area contributed by atoms with Gasteiger partial charge < -0.3 is 5.32 Å². The zero-order valence-corrected chi connectivity index (χ0v) is 18.1. The Morgan fingerprint density at radius 3 is 2.43 bits per heavy atom. The van der Waals surface area contributed by atoms with E-state index in [-0.39, 0.29) is 5.91 Å². The van der Waals surface area contributed by atoms with E-state index < -0.39 is 0 Å². The zero-order valence-electron chi connectivity index (χ0n) is 14.9. The van der Waals surface area contributed by atoms with Crippen LogP contribution in [0.4, 0.5) is 5.69 Å². The maximum atomic E-state index is 12.6. The highest BCUT2D eigenvalue weighted by molar-refractivity contribution is 9.11. The number of nitrogens with zero attached hydrogens (tertiary/aromatic N) is 1. The first-order chi connectivity index (χ1) is 13.5. The van der Waals surface area contributed by atoms with Crippen molar-refractivity contribution in [2.24, 2.45) is 0 Å². The lowest BCUT2D eigenvalue weighted by Crippen LogP contribution is -2.03. The number of rotatable bonds is 2. The van der Waals surface area contributed by atoms with Gasteiger partial charge in [0.15, 0.2) is 0 Å². The molecule has 3 aromatic rings. The largest absolute Gasteiger partial charge is 0.321 e. The maximum absolute atomic E-state index is 12.6. The molecule has 3 aromatic carbocycles. The highest BCUT2D eigenvalue weighted by atomic mass is 79.9. The molecular formula is C23H14Br2N2O. The fourth-order valence-electron chi connectivity index (χ4n) is 3.25. The smallest absolute Gasteiger partial charge is 0.256 e. The minimum Gasteiger partial charge on any atom is -0.321 e. The van der Waals surface area contributed by atoms with Crippen LogP contribution in [0.25, 0.3) is 22.8 Å². The van der Waals surface area contributed by atoms with Gasteiger partial charge in [-0.3, -0.25) is 4.79 Å². The van der Waals surface area contributed by atoms with E-state index in [0.717, 1.165) is 42.5 Å². The number of carbonyl (C=O) groups is 1. The summed E-state index contributed by atoms with van der Waals surface area (Å²) >= 11 is 7.12. The van der Waals surface area contributed by atoms with Crippen LogP contribution in [-0.2, 0) is 4.79 Å². The van der Waals surface area contributed by atoms with Gasteiger partial charge in [-0.1, -0.05) is 56.1 Å². The molecule has 0 radical (unpaired) electrons. The molecular weight excluding hydrogens is 480 g/mol. The van der Waals surface area contributed by atoms with Crippen LogP contribution in [0, 0.1) is 18.3 Å². The fourth-order valence-corrected chi connectivity index (χ4v) is 4.47. The summed E-state index contributed by atoms with van der Waals surface area (Å²) in [5.74, 6) is -0.131. The van der Waals surface area contributed by atoms with Crippen LogP contribution in [0.5, 0.6) is 0 Å². The second kappa shape index (κ2) is 7.38. The first-order valence-corrected chi connectivity index (χ1v) is 10.2. The van der Waals surface area contributed by atoms with Gasteiger partial charge >= 0.3 is 0 Å². The molecule has 28 heavy (non-hydrogen) atoms. The Kier molecular flexibility index (Phi) is 4.92. The molecule has 0 spiro atoms. The first kappa shape index (κ1) is 18.7. The summed E-state index contributed by atoms with van der Waals surface area (Å²) in [5, 5.41) is 12.3. The van der Waals surface area contributed by atoms with Crippen LogP contribution >= 0.6 is 31.9 Å². The van der Waals surface area contributed by atoms with Gasteiger partial charge in [-0.15, -0.1) is 0 Å². The molecule has 0 fully saturated rings. The third-order valence-corrected chi connectivity index (χ3v) is 6.42. The van der Waals surface area contributed by atoms with Crippen molar-refractivity contribution in [1.82, 2.24) is 0 Å². The summed E-state index contributed by atoms with van der Waals surface area (Å²) in [6, 6.07) is 19.5. The van der Waals surface area contributed by atoms with Gasteiger partial charge in [0, 0.05) is 25.8 Å². The van der Waals surface area contributed by atoms with Crippen molar-refractivity contribution in [3.63, 3.8) is 0 Å². The topological polar surface area (TPSA) is 52.9 Å². The fraction of sp³-hybridized carbons (Fsp3) is 0.0435. The molecule has 1 heterocycles. The van der Waals surface area contributed by atoms with Gasteiger partial charge in [0.2, 0.25) is 0 Å². The summed E-state index contributed by atoms with van der Waals surface area (Å²) in [4.78, 5) is 12.6. The van der Waals surface area contributed by atoms with E-state index in [1.165, 1.54) is 0 Å². The molecule has 0 bridgehead atoms. The molecule has 0 aromatic heterocycles. The summed E-state index contributed by atoms with van der Waals surface area (Å²) in [7, 11) is 0. The molecule has 0 saturated heterocycles. The van der Waals surface area contributed by atoms with E-state index in [4.69, 9.17) is 0 Å². The average molecular weight is 494 g/mol. The third kappa shape index (κ3) is 3.30. The number of anilines is 1. The van der Waals surface area contributed by atoms with Crippen LogP contribution in [0.1, 0.15) is 22.3 Å². The molecule has 0 saturated carbocycles. The average Bonchev–Trinajstić information content (AvgIpc) is 3.00. The van der Waals surface area contributed by atoms with Crippen LogP contribution in [-0.4, -0.2) is 5.91 Å². The van der Waals surface area contributed by atoms with Gasteiger partial charge in [0.05, 0.1) is 11.6 Å². The highest BCUT2D eigenvalue weighted by Crippen LogP contribution is 2.37. The van der Waals surface area contributed by atoms with Crippen molar-refractivity contribution in [2.45, 2.75) is 6.92 Å². The summed E-state index contributed by atoms with van der Waals surface area (Å²) in [5.41, 5.74) is 6.62. The van der Waals surface area contributed by atoms with Gasteiger partial charge in [-0.25, -0.2) is 0 Å². The molecule has 4 rings (SSSR count). The lowest BCUT2D eigenvalue weighted by Gasteiger charge is -2.07. The number of hydrogen-bond donors (Lipinski definition) is 1. The Morgan fingerprint density at radius 2 is 1.71 bits per heavy atom. The Hall–Kier alpha value is -2.68. The maximum Gasteiger partial charge on any atom is 0.256 e. The van der Waals surface area contributed by atoms with E-state index in [2.05, 4.69) is 43.2 Å². The molecule has 1 amide bonds. The molecule has 1 N–H and O–H groups in total. The molecule has 136 valence electrons. The molecule has 3 nitrogen and oxygen atoms in total.